The third-order valence-corrected chi connectivity index (χ3v) is 4.49. The summed E-state index contributed by atoms with van der Waals surface area (Å²) in [6.45, 7) is 6.48. The Bertz CT molecular complexity index is 716. The molecule has 1 N–H and O–H groups in total. The quantitative estimate of drug-likeness (QED) is 0.815. The van der Waals surface area contributed by atoms with Crippen LogP contribution in [0, 0.1) is 11.3 Å². The van der Waals surface area contributed by atoms with Gasteiger partial charge in [0.15, 0.2) is 0 Å². The molecule has 130 valence electrons. The van der Waals surface area contributed by atoms with E-state index in [2.05, 4.69) is 38.2 Å². The van der Waals surface area contributed by atoms with Gasteiger partial charge in [-0.1, -0.05) is 30.3 Å². The van der Waals surface area contributed by atoms with Crippen LogP contribution in [0.2, 0.25) is 0 Å². The third-order valence-electron chi connectivity index (χ3n) is 4.49. The summed E-state index contributed by atoms with van der Waals surface area (Å²) < 4.78 is 0. The Morgan fingerprint density at radius 2 is 1.92 bits per heavy atom. The topological polar surface area (TPSA) is 68.1 Å². The predicted octanol–water partition coefficient (Wildman–Crippen LogP) is 2.06. The van der Waals surface area contributed by atoms with Crippen molar-refractivity contribution in [3.8, 4) is 17.3 Å². The number of hydrogen-bond acceptors (Lipinski definition) is 6. The Morgan fingerprint density at radius 3 is 2.64 bits per heavy atom. The zero-order valence-corrected chi connectivity index (χ0v) is 14.6. The number of aromatic nitrogens is 2. The van der Waals surface area contributed by atoms with Gasteiger partial charge < -0.3 is 15.1 Å². The number of nitriles is 1. The van der Waals surface area contributed by atoms with Crippen LogP contribution in [0.25, 0.3) is 11.3 Å². The lowest BCUT2D eigenvalue weighted by Crippen LogP contribution is -2.44. The van der Waals surface area contributed by atoms with Crippen molar-refractivity contribution in [2.24, 2.45) is 0 Å². The molecule has 3 rings (SSSR count). The lowest BCUT2D eigenvalue weighted by molar-refractivity contribution is 0.154. The van der Waals surface area contributed by atoms with E-state index in [1.807, 2.05) is 30.3 Å². The Labute approximate surface area is 149 Å². The number of hydrogen-bond donors (Lipinski definition) is 1. The minimum atomic E-state index is 0.495. The summed E-state index contributed by atoms with van der Waals surface area (Å²) in [6, 6.07) is 11.9. The largest absolute Gasteiger partial charge is 0.354 e. The number of piperazine rings is 1. The first-order chi connectivity index (χ1) is 12.3. The van der Waals surface area contributed by atoms with E-state index in [4.69, 9.17) is 0 Å². The first kappa shape index (κ1) is 17.3. The van der Waals surface area contributed by atoms with Gasteiger partial charge in [-0.2, -0.15) is 5.26 Å². The van der Waals surface area contributed by atoms with Crippen LogP contribution >= 0.6 is 0 Å². The van der Waals surface area contributed by atoms with Crippen LogP contribution in [0.4, 0.5) is 5.95 Å². The average Bonchev–Trinajstić information content (AvgIpc) is 2.67. The first-order valence-corrected chi connectivity index (χ1v) is 8.73. The van der Waals surface area contributed by atoms with E-state index in [0.717, 1.165) is 51.3 Å². The van der Waals surface area contributed by atoms with E-state index in [1.54, 1.807) is 6.20 Å². The summed E-state index contributed by atoms with van der Waals surface area (Å²) in [4.78, 5) is 13.7. The number of benzene rings is 1. The standard InChI is InChI=1S/C19H24N6/c1-24-10-12-25(13-11-24)9-5-8-21-19-22-15-17(14-20)18(23-19)16-6-3-2-4-7-16/h2-4,6-7,15H,5,8-13H2,1H3,(H,21,22,23). The third kappa shape index (κ3) is 4.75. The summed E-state index contributed by atoms with van der Waals surface area (Å²) in [5.41, 5.74) is 2.11. The van der Waals surface area contributed by atoms with Gasteiger partial charge >= 0.3 is 0 Å². The average molecular weight is 336 g/mol. The Hall–Kier alpha value is -2.49. The van der Waals surface area contributed by atoms with Crippen LogP contribution < -0.4 is 5.32 Å². The second-order valence-corrected chi connectivity index (χ2v) is 6.36. The lowest BCUT2D eigenvalue weighted by Gasteiger charge is -2.32. The van der Waals surface area contributed by atoms with Gasteiger partial charge in [-0.15, -0.1) is 0 Å². The maximum atomic E-state index is 9.29. The molecule has 1 aromatic carbocycles. The molecule has 0 bridgehead atoms. The molecule has 0 aliphatic carbocycles. The minimum Gasteiger partial charge on any atom is -0.354 e. The van der Waals surface area contributed by atoms with Crippen LogP contribution in [-0.4, -0.2) is 66.1 Å². The summed E-state index contributed by atoms with van der Waals surface area (Å²) >= 11 is 0. The van der Waals surface area contributed by atoms with Crippen molar-refractivity contribution in [2.75, 3.05) is 51.6 Å². The maximum Gasteiger partial charge on any atom is 0.223 e. The monoisotopic (exact) mass is 336 g/mol. The van der Waals surface area contributed by atoms with Crippen molar-refractivity contribution in [3.63, 3.8) is 0 Å². The normalized spacial score (nSPS) is 15.7. The number of anilines is 1. The zero-order chi connectivity index (χ0) is 17.5. The molecular weight excluding hydrogens is 312 g/mol. The second-order valence-electron chi connectivity index (χ2n) is 6.36. The summed E-state index contributed by atoms with van der Waals surface area (Å²) in [5, 5.41) is 12.6. The molecule has 0 radical (unpaired) electrons. The molecule has 1 saturated heterocycles. The van der Waals surface area contributed by atoms with Crippen LogP contribution in [0.1, 0.15) is 12.0 Å². The van der Waals surface area contributed by atoms with Crippen molar-refractivity contribution in [2.45, 2.75) is 6.42 Å². The van der Waals surface area contributed by atoms with Crippen LogP contribution in [-0.2, 0) is 0 Å². The minimum absolute atomic E-state index is 0.495. The molecule has 1 aliphatic heterocycles. The highest BCUT2D eigenvalue weighted by atomic mass is 15.2. The van der Waals surface area contributed by atoms with Gasteiger partial charge in [0.05, 0.1) is 17.5 Å². The smallest absolute Gasteiger partial charge is 0.223 e. The van der Waals surface area contributed by atoms with E-state index >= 15 is 0 Å². The van der Waals surface area contributed by atoms with Gasteiger partial charge in [0.25, 0.3) is 0 Å². The molecule has 0 spiro atoms. The van der Waals surface area contributed by atoms with Gasteiger partial charge in [0.1, 0.15) is 6.07 Å². The molecule has 6 heteroatoms. The van der Waals surface area contributed by atoms with Gasteiger partial charge in [0.2, 0.25) is 5.95 Å². The van der Waals surface area contributed by atoms with Gasteiger partial charge in [-0.3, -0.25) is 0 Å². The van der Waals surface area contributed by atoms with Crippen molar-refractivity contribution >= 4 is 5.95 Å². The maximum absolute atomic E-state index is 9.29. The molecular formula is C19H24N6. The van der Waals surface area contributed by atoms with Crippen LogP contribution in [0.3, 0.4) is 0 Å². The predicted molar refractivity (Wildman–Crippen MR) is 99.2 cm³/mol. The molecule has 0 unspecified atom stereocenters. The van der Waals surface area contributed by atoms with Crippen molar-refractivity contribution < 1.29 is 0 Å². The summed E-state index contributed by atoms with van der Waals surface area (Å²) in [5.74, 6) is 0.580. The van der Waals surface area contributed by atoms with Crippen molar-refractivity contribution in [3.05, 3.63) is 42.1 Å². The molecule has 1 fully saturated rings. The van der Waals surface area contributed by atoms with E-state index in [-0.39, 0.29) is 0 Å². The number of rotatable bonds is 6. The molecule has 0 amide bonds. The second kappa shape index (κ2) is 8.56. The van der Waals surface area contributed by atoms with Gasteiger partial charge in [-0.25, -0.2) is 9.97 Å². The molecule has 1 aliphatic rings. The fourth-order valence-corrected chi connectivity index (χ4v) is 2.94. The van der Waals surface area contributed by atoms with Crippen molar-refractivity contribution in [1.29, 1.82) is 5.26 Å². The number of nitrogens with zero attached hydrogens (tertiary/aromatic N) is 5. The zero-order valence-electron chi connectivity index (χ0n) is 14.6. The fourth-order valence-electron chi connectivity index (χ4n) is 2.94. The SMILES string of the molecule is CN1CCN(CCCNc2ncc(C#N)c(-c3ccccc3)n2)CC1. The van der Waals surface area contributed by atoms with Crippen molar-refractivity contribution in [1.82, 2.24) is 19.8 Å². The van der Waals surface area contributed by atoms with Gasteiger partial charge in [-0.05, 0) is 20.0 Å². The Kier molecular flexibility index (Phi) is 5.94. The summed E-state index contributed by atoms with van der Waals surface area (Å²) in [6.07, 6.45) is 2.64. The van der Waals surface area contributed by atoms with E-state index in [1.165, 1.54) is 0 Å². The molecule has 2 heterocycles. The highest BCUT2D eigenvalue weighted by Gasteiger charge is 2.13. The summed E-state index contributed by atoms with van der Waals surface area (Å²) in [7, 11) is 2.17. The first-order valence-electron chi connectivity index (χ1n) is 8.73. The van der Waals surface area contributed by atoms with E-state index < -0.39 is 0 Å². The van der Waals surface area contributed by atoms with Crippen LogP contribution in [0.15, 0.2) is 36.5 Å². The number of nitrogens with one attached hydrogen (secondary N) is 1. The molecule has 6 nitrogen and oxygen atoms in total. The number of likely N-dealkylation sites (N-methyl/N-ethyl adjacent to an activating group) is 1. The fraction of sp³-hybridized carbons (Fsp3) is 0.421. The molecule has 25 heavy (non-hydrogen) atoms. The van der Waals surface area contributed by atoms with E-state index in [0.29, 0.717) is 17.2 Å². The Morgan fingerprint density at radius 1 is 1.16 bits per heavy atom. The highest BCUT2D eigenvalue weighted by molar-refractivity contribution is 5.66. The molecule has 1 aromatic heterocycles. The lowest BCUT2D eigenvalue weighted by atomic mass is 10.1. The molecule has 0 atom stereocenters. The molecule has 2 aromatic rings. The van der Waals surface area contributed by atoms with Gasteiger partial charge in [0, 0.05) is 38.3 Å². The van der Waals surface area contributed by atoms with Crippen LogP contribution in [0.5, 0.6) is 0 Å². The Balaban J connectivity index is 1.55. The highest BCUT2D eigenvalue weighted by Crippen LogP contribution is 2.21. The van der Waals surface area contributed by atoms with E-state index in [9.17, 15) is 5.26 Å². The molecule has 0 saturated carbocycles.